The molecule has 1 aliphatic heterocycles. The summed E-state index contributed by atoms with van der Waals surface area (Å²) in [6, 6.07) is 1.14. The Balaban J connectivity index is 2.36. The Morgan fingerprint density at radius 3 is 2.74 bits per heavy atom. The minimum absolute atomic E-state index is 0.116. The number of nitro groups is 1. The monoisotopic (exact) mass is 306 g/mol. The van der Waals surface area contributed by atoms with Crippen LogP contribution in [0, 0.1) is 10.1 Å². The Kier molecular flexibility index (Phi) is 3.56. The van der Waals surface area contributed by atoms with Gasteiger partial charge < -0.3 is 5.11 Å². The van der Waals surface area contributed by atoms with Crippen LogP contribution in [-0.2, 0) is 14.8 Å². The Morgan fingerprint density at radius 1 is 1.53 bits per heavy atom. The Labute approximate surface area is 112 Å². The van der Waals surface area contributed by atoms with Gasteiger partial charge in [-0.2, -0.15) is 4.31 Å². The van der Waals surface area contributed by atoms with Crippen molar-refractivity contribution in [2.24, 2.45) is 0 Å². The van der Waals surface area contributed by atoms with Crippen molar-refractivity contribution in [3.63, 3.8) is 0 Å². The molecule has 104 valence electrons. The second-order valence-corrected chi connectivity index (χ2v) is 7.14. The Hall–Kier alpha value is -1.52. The third-order valence-electron chi connectivity index (χ3n) is 2.80. The first-order chi connectivity index (χ1) is 8.84. The number of sulfonamides is 1. The first kappa shape index (κ1) is 13.9. The van der Waals surface area contributed by atoms with Gasteiger partial charge in [0.05, 0.1) is 4.92 Å². The van der Waals surface area contributed by atoms with Gasteiger partial charge in [0.25, 0.3) is 10.0 Å². The lowest BCUT2D eigenvalue weighted by Gasteiger charge is -2.19. The molecule has 1 saturated heterocycles. The number of carboxylic acid groups (broad SMARTS) is 1. The van der Waals surface area contributed by atoms with Crippen molar-refractivity contribution in [3.05, 3.63) is 22.2 Å². The Morgan fingerprint density at radius 2 is 2.21 bits per heavy atom. The number of aliphatic carboxylic acids is 1. The number of rotatable bonds is 4. The van der Waals surface area contributed by atoms with Crippen LogP contribution in [-0.4, -0.2) is 41.3 Å². The lowest BCUT2D eigenvalue weighted by molar-refractivity contribution is -0.380. The molecule has 0 spiro atoms. The molecular formula is C9H10N2O6S2. The van der Waals surface area contributed by atoms with Crippen LogP contribution in [0.15, 0.2) is 16.3 Å². The fourth-order valence-electron chi connectivity index (χ4n) is 1.94. The maximum atomic E-state index is 12.2. The summed E-state index contributed by atoms with van der Waals surface area (Å²) in [5.74, 6) is -1.20. The van der Waals surface area contributed by atoms with Gasteiger partial charge in [0.1, 0.15) is 10.3 Å². The summed E-state index contributed by atoms with van der Waals surface area (Å²) in [5.41, 5.74) is 0. The highest BCUT2D eigenvalue weighted by atomic mass is 32.2. The molecule has 0 amide bonds. The maximum absolute atomic E-state index is 12.2. The van der Waals surface area contributed by atoms with Crippen molar-refractivity contribution < 1.29 is 23.2 Å². The molecule has 19 heavy (non-hydrogen) atoms. The summed E-state index contributed by atoms with van der Waals surface area (Å²) < 4.78 is 25.2. The largest absolute Gasteiger partial charge is 0.480 e. The van der Waals surface area contributed by atoms with Gasteiger partial charge in [-0.25, -0.2) is 8.42 Å². The van der Waals surface area contributed by atoms with Gasteiger partial charge in [-0.05, 0) is 30.2 Å². The van der Waals surface area contributed by atoms with Gasteiger partial charge in [0.15, 0.2) is 0 Å². The van der Waals surface area contributed by atoms with Crippen LogP contribution in [0.4, 0.5) is 5.00 Å². The minimum Gasteiger partial charge on any atom is -0.480 e. The molecule has 0 aromatic carbocycles. The smallest absolute Gasteiger partial charge is 0.325 e. The van der Waals surface area contributed by atoms with E-state index < -0.39 is 27.0 Å². The van der Waals surface area contributed by atoms with Gasteiger partial charge in [0.2, 0.25) is 0 Å². The SMILES string of the molecule is O=C(O)C1CCCN1S(=O)(=O)c1ccc([N+](=O)[O-])s1. The number of hydrogen-bond donors (Lipinski definition) is 1. The van der Waals surface area contributed by atoms with E-state index in [2.05, 4.69) is 0 Å². The zero-order valence-corrected chi connectivity index (χ0v) is 11.2. The zero-order chi connectivity index (χ0) is 14.2. The minimum atomic E-state index is -3.98. The standard InChI is InChI=1S/C9H10N2O6S2/c12-9(13)6-2-1-5-10(6)19(16,17)8-4-3-7(18-8)11(14)15/h3-4,6H,1-2,5H2,(H,12,13). The molecule has 1 N–H and O–H groups in total. The predicted molar refractivity (Wildman–Crippen MR) is 65.5 cm³/mol. The molecule has 1 atom stereocenters. The summed E-state index contributed by atoms with van der Waals surface area (Å²) in [6.45, 7) is 0.116. The van der Waals surface area contributed by atoms with Crippen LogP contribution in [0.5, 0.6) is 0 Å². The molecule has 0 bridgehead atoms. The van der Waals surface area contributed by atoms with Crippen molar-refractivity contribution in [3.8, 4) is 0 Å². The highest BCUT2D eigenvalue weighted by molar-refractivity contribution is 7.91. The molecule has 0 saturated carbocycles. The van der Waals surface area contributed by atoms with Gasteiger partial charge in [-0.15, -0.1) is 0 Å². The van der Waals surface area contributed by atoms with Crippen molar-refractivity contribution in [1.82, 2.24) is 4.31 Å². The highest BCUT2D eigenvalue weighted by Gasteiger charge is 2.40. The van der Waals surface area contributed by atoms with E-state index in [9.17, 15) is 23.3 Å². The van der Waals surface area contributed by atoms with E-state index in [1.54, 1.807) is 0 Å². The molecule has 1 aromatic rings. The summed E-state index contributed by atoms with van der Waals surface area (Å²) in [4.78, 5) is 20.9. The third kappa shape index (κ3) is 2.46. The average Bonchev–Trinajstić information content (AvgIpc) is 2.98. The van der Waals surface area contributed by atoms with E-state index in [0.29, 0.717) is 17.8 Å². The molecular weight excluding hydrogens is 296 g/mol. The number of nitrogens with zero attached hydrogens (tertiary/aromatic N) is 2. The number of thiophene rings is 1. The average molecular weight is 306 g/mol. The van der Waals surface area contributed by atoms with E-state index in [4.69, 9.17) is 5.11 Å². The molecule has 0 aliphatic carbocycles. The van der Waals surface area contributed by atoms with Crippen molar-refractivity contribution in [1.29, 1.82) is 0 Å². The van der Waals surface area contributed by atoms with E-state index >= 15 is 0 Å². The third-order valence-corrected chi connectivity index (χ3v) is 6.21. The van der Waals surface area contributed by atoms with Crippen LogP contribution in [0.1, 0.15) is 12.8 Å². The molecule has 2 rings (SSSR count). The normalized spacial score (nSPS) is 20.5. The molecule has 1 fully saturated rings. The van der Waals surface area contributed by atoms with Crippen LogP contribution >= 0.6 is 11.3 Å². The molecule has 1 aromatic heterocycles. The number of carboxylic acids is 1. The highest BCUT2D eigenvalue weighted by Crippen LogP contribution is 2.33. The molecule has 0 radical (unpaired) electrons. The molecule has 8 nitrogen and oxygen atoms in total. The van der Waals surface area contributed by atoms with Crippen molar-refractivity contribution >= 4 is 32.3 Å². The number of carbonyl (C=O) groups is 1. The first-order valence-corrected chi connectivity index (χ1v) is 7.58. The van der Waals surface area contributed by atoms with Gasteiger partial charge >= 0.3 is 11.0 Å². The lowest BCUT2D eigenvalue weighted by atomic mass is 10.2. The summed E-state index contributed by atoms with van der Waals surface area (Å²) >= 11 is 0.527. The maximum Gasteiger partial charge on any atom is 0.325 e. The second-order valence-electron chi connectivity index (χ2n) is 3.96. The van der Waals surface area contributed by atoms with Crippen molar-refractivity contribution in [2.45, 2.75) is 23.1 Å². The molecule has 1 unspecified atom stereocenters. The van der Waals surface area contributed by atoms with Gasteiger partial charge in [-0.1, -0.05) is 0 Å². The quantitative estimate of drug-likeness (QED) is 0.652. The topological polar surface area (TPSA) is 118 Å². The summed E-state index contributed by atoms with van der Waals surface area (Å²) in [7, 11) is -3.98. The van der Waals surface area contributed by atoms with Crippen molar-refractivity contribution in [2.75, 3.05) is 6.54 Å². The van der Waals surface area contributed by atoms with E-state index in [-0.39, 0.29) is 22.2 Å². The first-order valence-electron chi connectivity index (χ1n) is 5.33. The fourth-order valence-corrected chi connectivity index (χ4v) is 4.83. The van der Waals surface area contributed by atoms with Crippen LogP contribution in [0.25, 0.3) is 0 Å². The van der Waals surface area contributed by atoms with Crippen LogP contribution in [0.2, 0.25) is 0 Å². The van der Waals surface area contributed by atoms with E-state index in [1.807, 2.05) is 0 Å². The Bertz CT molecular complexity index is 622. The van der Waals surface area contributed by atoms with E-state index in [1.165, 1.54) is 0 Å². The second kappa shape index (κ2) is 4.87. The van der Waals surface area contributed by atoms with Crippen LogP contribution < -0.4 is 0 Å². The summed E-state index contributed by atoms with van der Waals surface area (Å²) in [5, 5.41) is 19.2. The fraction of sp³-hybridized carbons (Fsp3) is 0.444. The predicted octanol–water partition coefficient (Wildman–Crippen LogP) is 0.894. The number of hydrogen-bond acceptors (Lipinski definition) is 6. The zero-order valence-electron chi connectivity index (χ0n) is 9.55. The van der Waals surface area contributed by atoms with Crippen LogP contribution in [0.3, 0.4) is 0 Å². The lowest BCUT2D eigenvalue weighted by Crippen LogP contribution is -2.40. The molecule has 10 heteroatoms. The van der Waals surface area contributed by atoms with Gasteiger partial charge in [0, 0.05) is 12.6 Å². The summed E-state index contributed by atoms with van der Waals surface area (Å²) in [6.07, 6.45) is 0.714. The van der Waals surface area contributed by atoms with Gasteiger partial charge in [-0.3, -0.25) is 14.9 Å². The molecule has 2 heterocycles. The van der Waals surface area contributed by atoms with E-state index in [0.717, 1.165) is 16.4 Å². The molecule has 1 aliphatic rings.